The molecule has 3 heteroatoms. The lowest BCUT2D eigenvalue weighted by atomic mass is 10.3. The van der Waals surface area contributed by atoms with E-state index in [0.717, 1.165) is 25.9 Å². The first-order chi connectivity index (χ1) is 5.74. The minimum atomic E-state index is 0.192. The summed E-state index contributed by atoms with van der Waals surface area (Å²) in [6.45, 7) is 5.14. The van der Waals surface area contributed by atoms with Gasteiger partial charge in [-0.2, -0.15) is 0 Å². The molecule has 1 saturated heterocycles. The number of hydrogen-bond donors (Lipinski definition) is 1. The first-order valence-corrected chi connectivity index (χ1v) is 4.38. The average molecular weight is 168 g/mol. The van der Waals surface area contributed by atoms with Crippen LogP contribution in [0.5, 0.6) is 0 Å². The van der Waals surface area contributed by atoms with Crippen LogP contribution in [0, 0.1) is 0 Å². The Balaban J connectivity index is 2.28. The predicted octanol–water partition coefficient (Wildman–Crippen LogP) is 0.512. The van der Waals surface area contributed by atoms with Crippen LogP contribution in [0.4, 0.5) is 0 Å². The number of hydrogen-bond acceptors (Lipinski definition) is 2. The van der Waals surface area contributed by atoms with E-state index < -0.39 is 0 Å². The Morgan fingerprint density at radius 2 is 2.50 bits per heavy atom. The molecule has 0 saturated carbocycles. The van der Waals surface area contributed by atoms with E-state index in [-0.39, 0.29) is 11.9 Å². The van der Waals surface area contributed by atoms with Crippen LogP contribution in [0.15, 0.2) is 12.7 Å². The summed E-state index contributed by atoms with van der Waals surface area (Å²) in [5, 5.41) is 0. The predicted molar refractivity (Wildman–Crippen MR) is 48.6 cm³/mol. The molecule has 0 aromatic carbocycles. The Hall–Kier alpha value is -0.830. The number of likely N-dealkylation sites (tertiary alicyclic amines) is 1. The molecule has 1 atom stereocenters. The van der Waals surface area contributed by atoms with E-state index in [9.17, 15) is 4.79 Å². The van der Waals surface area contributed by atoms with Crippen molar-refractivity contribution in [3.05, 3.63) is 12.7 Å². The summed E-state index contributed by atoms with van der Waals surface area (Å²) >= 11 is 0. The van der Waals surface area contributed by atoms with E-state index in [4.69, 9.17) is 5.73 Å². The standard InChI is InChI=1S/C9H16N2O/c1-2-3-4-9(12)11-6-5-8(10)7-11/h2,8H,1,3-7,10H2/t8-/m0/s1. The van der Waals surface area contributed by atoms with Crippen LogP contribution >= 0.6 is 0 Å². The van der Waals surface area contributed by atoms with Crippen LogP contribution in [-0.4, -0.2) is 29.9 Å². The van der Waals surface area contributed by atoms with Crippen molar-refractivity contribution in [2.45, 2.75) is 25.3 Å². The summed E-state index contributed by atoms with van der Waals surface area (Å²) in [6, 6.07) is 0.192. The van der Waals surface area contributed by atoms with Gasteiger partial charge >= 0.3 is 0 Å². The maximum atomic E-state index is 11.4. The van der Waals surface area contributed by atoms with Gasteiger partial charge in [0.15, 0.2) is 0 Å². The van der Waals surface area contributed by atoms with Crippen molar-refractivity contribution in [3.8, 4) is 0 Å². The molecule has 0 aromatic rings. The van der Waals surface area contributed by atoms with Gasteiger partial charge in [0.2, 0.25) is 5.91 Å². The zero-order valence-electron chi connectivity index (χ0n) is 7.33. The Labute approximate surface area is 73.2 Å². The third kappa shape index (κ3) is 2.34. The maximum Gasteiger partial charge on any atom is 0.222 e. The first-order valence-electron chi connectivity index (χ1n) is 4.38. The molecule has 0 aliphatic carbocycles. The second kappa shape index (κ2) is 4.26. The van der Waals surface area contributed by atoms with E-state index in [1.165, 1.54) is 0 Å². The van der Waals surface area contributed by atoms with Crippen LogP contribution in [0.3, 0.4) is 0 Å². The van der Waals surface area contributed by atoms with Crippen molar-refractivity contribution in [3.63, 3.8) is 0 Å². The van der Waals surface area contributed by atoms with E-state index in [2.05, 4.69) is 6.58 Å². The molecule has 2 N–H and O–H groups in total. The fourth-order valence-electron chi connectivity index (χ4n) is 1.40. The highest BCUT2D eigenvalue weighted by Gasteiger charge is 2.22. The van der Waals surface area contributed by atoms with Crippen LogP contribution in [0.25, 0.3) is 0 Å². The minimum Gasteiger partial charge on any atom is -0.341 e. The van der Waals surface area contributed by atoms with Crippen molar-refractivity contribution in [1.29, 1.82) is 0 Å². The first kappa shape index (κ1) is 9.26. The van der Waals surface area contributed by atoms with Gasteiger partial charge in [0, 0.05) is 25.6 Å². The molecule has 1 fully saturated rings. The van der Waals surface area contributed by atoms with Gasteiger partial charge < -0.3 is 10.6 Å². The van der Waals surface area contributed by atoms with Crippen molar-refractivity contribution in [2.24, 2.45) is 5.73 Å². The fourth-order valence-corrected chi connectivity index (χ4v) is 1.40. The van der Waals surface area contributed by atoms with Crippen molar-refractivity contribution < 1.29 is 4.79 Å². The fraction of sp³-hybridized carbons (Fsp3) is 0.667. The van der Waals surface area contributed by atoms with Gasteiger partial charge in [-0.25, -0.2) is 0 Å². The highest BCUT2D eigenvalue weighted by atomic mass is 16.2. The lowest BCUT2D eigenvalue weighted by molar-refractivity contribution is -0.130. The molecule has 0 bridgehead atoms. The monoisotopic (exact) mass is 168 g/mol. The number of rotatable bonds is 3. The van der Waals surface area contributed by atoms with Gasteiger partial charge in [0.1, 0.15) is 0 Å². The molecule has 1 amide bonds. The summed E-state index contributed by atoms with van der Waals surface area (Å²) in [7, 11) is 0. The van der Waals surface area contributed by atoms with Crippen molar-refractivity contribution in [2.75, 3.05) is 13.1 Å². The number of amides is 1. The normalized spacial score (nSPS) is 22.8. The quantitative estimate of drug-likeness (QED) is 0.624. The number of nitrogens with zero attached hydrogens (tertiary/aromatic N) is 1. The smallest absolute Gasteiger partial charge is 0.222 e. The molecule has 68 valence electrons. The SMILES string of the molecule is C=CCCC(=O)N1CC[C@H](N)C1. The van der Waals surface area contributed by atoms with E-state index in [0.29, 0.717) is 6.42 Å². The molecule has 1 rings (SSSR count). The molecule has 1 heterocycles. The number of carbonyl (C=O) groups excluding carboxylic acids is 1. The van der Waals surface area contributed by atoms with Crippen LogP contribution in [0.2, 0.25) is 0 Å². The molecule has 0 aromatic heterocycles. The highest BCUT2D eigenvalue weighted by Crippen LogP contribution is 2.09. The summed E-state index contributed by atoms with van der Waals surface area (Å²) in [4.78, 5) is 13.2. The lowest BCUT2D eigenvalue weighted by Crippen LogP contribution is -2.31. The summed E-state index contributed by atoms with van der Waals surface area (Å²) in [6.07, 6.45) is 4.06. The Morgan fingerprint density at radius 3 is 3.00 bits per heavy atom. The highest BCUT2D eigenvalue weighted by molar-refractivity contribution is 5.76. The maximum absolute atomic E-state index is 11.4. The summed E-state index contributed by atoms with van der Waals surface area (Å²) in [5.74, 6) is 0.211. The molecule has 0 unspecified atom stereocenters. The minimum absolute atomic E-state index is 0.192. The van der Waals surface area contributed by atoms with Gasteiger partial charge in [0.25, 0.3) is 0 Å². The molecule has 1 aliphatic heterocycles. The Kier molecular flexibility index (Phi) is 3.29. The van der Waals surface area contributed by atoms with Crippen molar-refractivity contribution in [1.82, 2.24) is 4.90 Å². The zero-order valence-corrected chi connectivity index (χ0v) is 7.33. The molecule has 0 radical (unpaired) electrons. The van der Waals surface area contributed by atoms with Crippen LogP contribution in [0.1, 0.15) is 19.3 Å². The summed E-state index contributed by atoms with van der Waals surface area (Å²) in [5.41, 5.74) is 5.68. The van der Waals surface area contributed by atoms with Crippen LogP contribution in [-0.2, 0) is 4.79 Å². The molecular formula is C9H16N2O. The van der Waals surface area contributed by atoms with Crippen LogP contribution < -0.4 is 5.73 Å². The van der Waals surface area contributed by atoms with Gasteiger partial charge in [-0.1, -0.05) is 6.08 Å². The molecule has 1 aliphatic rings. The Morgan fingerprint density at radius 1 is 1.75 bits per heavy atom. The number of nitrogens with two attached hydrogens (primary N) is 1. The van der Waals surface area contributed by atoms with Gasteiger partial charge in [-0.15, -0.1) is 6.58 Å². The summed E-state index contributed by atoms with van der Waals surface area (Å²) < 4.78 is 0. The van der Waals surface area contributed by atoms with E-state index >= 15 is 0 Å². The van der Waals surface area contributed by atoms with E-state index in [1.54, 1.807) is 6.08 Å². The second-order valence-electron chi connectivity index (χ2n) is 3.22. The van der Waals surface area contributed by atoms with E-state index in [1.807, 2.05) is 4.90 Å². The molecule has 3 nitrogen and oxygen atoms in total. The molecule has 12 heavy (non-hydrogen) atoms. The molecular weight excluding hydrogens is 152 g/mol. The van der Waals surface area contributed by atoms with Crippen molar-refractivity contribution >= 4 is 5.91 Å². The topological polar surface area (TPSA) is 46.3 Å². The molecule has 0 spiro atoms. The zero-order chi connectivity index (χ0) is 8.97. The number of allylic oxidation sites excluding steroid dienone is 1. The average Bonchev–Trinajstić information content (AvgIpc) is 2.47. The lowest BCUT2D eigenvalue weighted by Gasteiger charge is -2.14. The third-order valence-corrected chi connectivity index (χ3v) is 2.14. The second-order valence-corrected chi connectivity index (χ2v) is 3.22. The number of carbonyl (C=O) groups is 1. The Bertz CT molecular complexity index is 179. The largest absolute Gasteiger partial charge is 0.341 e. The van der Waals surface area contributed by atoms with Gasteiger partial charge in [0.05, 0.1) is 0 Å². The van der Waals surface area contributed by atoms with Gasteiger partial charge in [-0.3, -0.25) is 4.79 Å². The van der Waals surface area contributed by atoms with Gasteiger partial charge in [-0.05, 0) is 12.8 Å². The third-order valence-electron chi connectivity index (χ3n) is 2.14.